The van der Waals surface area contributed by atoms with Crippen LogP contribution < -0.4 is 4.74 Å². The van der Waals surface area contributed by atoms with Gasteiger partial charge in [0.05, 0.1) is 6.61 Å². The van der Waals surface area contributed by atoms with Crippen LogP contribution in [-0.4, -0.2) is 12.4 Å². The van der Waals surface area contributed by atoms with Crippen LogP contribution in [0.3, 0.4) is 0 Å². The minimum absolute atomic E-state index is 0.245. The van der Waals surface area contributed by atoms with E-state index in [-0.39, 0.29) is 5.78 Å². The Bertz CT molecular complexity index is 363. The molecule has 0 atom stereocenters. The van der Waals surface area contributed by atoms with Crippen molar-refractivity contribution in [2.24, 2.45) is 5.92 Å². The maximum Gasteiger partial charge on any atom is 0.130 e. The van der Waals surface area contributed by atoms with Gasteiger partial charge in [0.15, 0.2) is 0 Å². The molecule has 0 radical (unpaired) electrons. The Balaban J connectivity index is 1.73. The van der Waals surface area contributed by atoms with Crippen LogP contribution in [0.4, 0.5) is 0 Å². The first-order valence-corrected chi connectivity index (χ1v) is 6.45. The van der Waals surface area contributed by atoms with Crippen LogP contribution in [0.25, 0.3) is 0 Å². The van der Waals surface area contributed by atoms with Crippen LogP contribution in [0.2, 0.25) is 0 Å². The monoisotopic (exact) mass is 232 g/mol. The lowest BCUT2D eigenvalue weighted by molar-refractivity contribution is -0.116. The second-order valence-electron chi connectivity index (χ2n) is 4.93. The van der Waals surface area contributed by atoms with Crippen molar-refractivity contribution in [3.63, 3.8) is 0 Å². The van der Waals surface area contributed by atoms with E-state index in [1.807, 2.05) is 12.1 Å². The molecule has 0 spiro atoms. The number of aryl methyl sites for hydroxylation is 1. The zero-order chi connectivity index (χ0) is 12.1. The first-order chi connectivity index (χ1) is 8.24. The molecule has 0 bridgehead atoms. The molecule has 92 valence electrons. The summed E-state index contributed by atoms with van der Waals surface area (Å²) in [4.78, 5) is 10.9. The van der Waals surface area contributed by atoms with Crippen molar-refractivity contribution < 1.29 is 9.53 Å². The van der Waals surface area contributed by atoms with Crippen LogP contribution in [0.1, 0.15) is 38.2 Å². The number of ketones is 1. The molecule has 0 N–H and O–H groups in total. The standard InChI is InChI=1S/C15H20O2/c1-12(16)2-3-13-6-8-15(9-7-13)17-11-10-14-4-5-14/h6-9,14H,2-5,10-11H2,1H3. The maximum atomic E-state index is 10.9. The molecule has 0 aliphatic heterocycles. The molecule has 0 unspecified atom stereocenters. The van der Waals surface area contributed by atoms with Gasteiger partial charge in [-0.1, -0.05) is 25.0 Å². The zero-order valence-corrected chi connectivity index (χ0v) is 10.4. The van der Waals surface area contributed by atoms with E-state index in [4.69, 9.17) is 4.74 Å². The summed E-state index contributed by atoms with van der Waals surface area (Å²) < 4.78 is 5.67. The quantitative estimate of drug-likeness (QED) is 0.720. The topological polar surface area (TPSA) is 26.3 Å². The number of carbonyl (C=O) groups excluding carboxylic acids is 1. The molecule has 2 nitrogen and oxygen atoms in total. The number of Topliss-reactive ketones (excluding diaryl/α,β-unsaturated/α-hetero) is 1. The molecule has 0 amide bonds. The van der Waals surface area contributed by atoms with Gasteiger partial charge in [-0.2, -0.15) is 0 Å². The van der Waals surface area contributed by atoms with Crippen LogP contribution in [-0.2, 0) is 11.2 Å². The summed E-state index contributed by atoms with van der Waals surface area (Å²) in [5, 5.41) is 0. The van der Waals surface area contributed by atoms with Gasteiger partial charge >= 0.3 is 0 Å². The molecule has 2 rings (SSSR count). The first kappa shape index (κ1) is 12.2. The highest BCUT2D eigenvalue weighted by Crippen LogP contribution is 2.32. The summed E-state index contributed by atoms with van der Waals surface area (Å²) >= 11 is 0. The molecule has 1 aliphatic rings. The van der Waals surface area contributed by atoms with Gasteiger partial charge in [0.25, 0.3) is 0 Å². The Morgan fingerprint density at radius 1 is 1.29 bits per heavy atom. The number of benzene rings is 1. The van der Waals surface area contributed by atoms with Gasteiger partial charge in [-0.25, -0.2) is 0 Å². The van der Waals surface area contributed by atoms with Gasteiger partial charge in [-0.15, -0.1) is 0 Å². The summed E-state index contributed by atoms with van der Waals surface area (Å²) in [6.45, 7) is 2.47. The Morgan fingerprint density at radius 3 is 2.59 bits per heavy atom. The Kier molecular flexibility index (Phi) is 4.18. The average molecular weight is 232 g/mol. The van der Waals surface area contributed by atoms with Crippen molar-refractivity contribution in [2.75, 3.05) is 6.61 Å². The molecule has 1 aromatic rings. The molecule has 1 aromatic carbocycles. The van der Waals surface area contributed by atoms with E-state index in [0.717, 1.165) is 24.7 Å². The molecule has 17 heavy (non-hydrogen) atoms. The van der Waals surface area contributed by atoms with Crippen LogP contribution >= 0.6 is 0 Å². The van der Waals surface area contributed by atoms with Gasteiger partial charge in [0.2, 0.25) is 0 Å². The summed E-state index contributed by atoms with van der Waals surface area (Å²) in [6.07, 6.45) is 5.41. The van der Waals surface area contributed by atoms with Gasteiger partial charge in [0, 0.05) is 6.42 Å². The van der Waals surface area contributed by atoms with Crippen LogP contribution in [0, 0.1) is 5.92 Å². The molecule has 1 saturated carbocycles. The third kappa shape index (κ3) is 4.59. The van der Waals surface area contributed by atoms with Gasteiger partial charge < -0.3 is 9.53 Å². The highest BCUT2D eigenvalue weighted by molar-refractivity contribution is 5.75. The lowest BCUT2D eigenvalue weighted by Crippen LogP contribution is -1.98. The second-order valence-corrected chi connectivity index (χ2v) is 4.93. The SMILES string of the molecule is CC(=O)CCc1ccc(OCCC2CC2)cc1. The minimum Gasteiger partial charge on any atom is -0.494 e. The van der Waals surface area contributed by atoms with Gasteiger partial charge in [-0.3, -0.25) is 0 Å². The van der Waals surface area contributed by atoms with E-state index in [2.05, 4.69) is 12.1 Å². The Hall–Kier alpha value is -1.31. The summed E-state index contributed by atoms with van der Waals surface area (Å²) in [7, 11) is 0. The van der Waals surface area contributed by atoms with Crippen molar-refractivity contribution in [3.8, 4) is 5.75 Å². The highest BCUT2D eigenvalue weighted by atomic mass is 16.5. The molecule has 0 saturated heterocycles. The van der Waals surface area contributed by atoms with E-state index in [1.54, 1.807) is 6.92 Å². The predicted molar refractivity (Wildman–Crippen MR) is 68.3 cm³/mol. The highest BCUT2D eigenvalue weighted by Gasteiger charge is 2.20. The van der Waals surface area contributed by atoms with E-state index >= 15 is 0 Å². The van der Waals surface area contributed by atoms with Crippen molar-refractivity contribution in [1.82, 2.24) is 0 Å². The number of rotatable bonds is 7. The lowest BCUT2D eigenvalue weighted by atomic mass is 10.1. The summed E-state index contributed by atoms with van der Waals surface area (Å²) in [5.41, 5.74) is 1.20. The zero-order valence-electron chi connectivity index (χ0n) is 10.4. The summed E-state index contributed by atoms with van der Waals surface area (Å²) in [5.74, 6) is 2.11. The van der Waals surface area contributed by atoms with E-state index in [1.165, 1.54) is 24.8 Å². The predicted octanol–water partition coefficient (Wildman–Crippen LogP) is 3.39. The van der Waals surface area contributed by atoms with E-state index in [0.29, 0.717) is 6.42 Å². The molecular weight excluding hydrogens is 212 g/mol. The fourth-order valence-corrected chi connectivity index (χ4v) is 1.82. The molecule has 0 heterocycles. The molecule has 2 heteroatoms. The van der Waals surface area contributed by atoms with Gasteiger partial charge in [0.1, 0.15) is 11.5 Å². The van der Waals surface area contributed by atoms with Gasteiger partial charge in [-0.05, 0) is 43.4 Å². The molecule has 0 aromatic heterocycles. The number of hydrogen-bond donors (Lipinski definition) is 0. The van der Waals surface area contributed by atoms with Crippen molar-refractivity contribution in [3.05, 3.63) is 29.8 Å². The second kappa shape index (κ2) is 5.85. The molecule has 1 aliphatic carbocycles. The largest absolute Gasteiger partial charge is 0.494 e. The minimum atomic E-state index is 0.245. The summed E-state index contributed by atoms with van der Waals surface area (Å²) in [6, 6.07) is 8.11. The van der Waals surface area contributed by atoms with E-state index < -0.39 is 0 Å². The normalized spacial score (nSPS) is 14.6. The smallest absolute Gasteiger partial charge is 0.130 e. The number of ether oxygens (including phenoxy) is 1. The molecule has 1 fully saturated rings. The molecular formula is C15H20O2. The van der Waals surface area contributed by atoms with E-state index in [9.17, 15) is 4.79 Å². The lowest BCUT2D eigenvalue weighted by Gasteiger charge is -2.06. The number of hydrogen-bond acceptors (Lipinski definition) is 2. The first-order valence-electron chi connectivity index (χ1n) is 6.45. The fraction of sp³-hybridized carbons (Fsp3) is 0.533. The third-order valence-electron chi connectivity index (χ3n) is 3.18. The third-order valence-corrected chi connectivity index (χ3v) is 3.18. The number of carbonyl (C=O) groups is 1. The maximum absolute atomic E-state index is 10.9. The van der Waals surface area contributed by atoms with Crippen LogP contribution in [0.5, 0.6) is 5.75 Å². The Labute approximate surface area is 103 Å². The van der Waals surface area contributed by atoms with Crippen LogP contribution in [0.15, 0.2) is 24.3 Å². The van der Waals surface area contributed by atoms with Crippen molar-refractivity contribution in [1.29, 1.82) is 0 Å². The Morgan fingerprint density at radius 2 is 2.00 bits per heavy atom. The fourth-order valence-electron chi connectivity index (χ4n) is 1.82. The average Bonchev–Trinajstić information content (AvgIpc) is 3.12. The van der Waals surface area contributed by atoms with Crippen molar-refractivity contribution >= 4 is 5.78 Å². The van der Waals surface area contributed by atoms with Crippen molar-refractivity contribution in [2.45, 2.75) is 39.0 Å².